The highest BCUT2D eigenvalue weighted by molar-refractivity contribution is 9.10. The number of ether oxygens (including phenoxy) is 1. The number of aromatic nitrogens is 3. The lowest BCUT2D eigenvalue weighted by molar-refractivity contribution is 0.0987. The predicted molar refractivity (Wildman–Crippen MR) is 91.1 cm³/mol. The first-order valence-electron chi connectivity index (χ1n) is 7.01. The van der Waals surface area contributed by atoms with Crippen LogP contribution in [0.15, 0.2) is 35.2 Å². The van der Waals surface area contributed by atoms with Crippen molar-refractivity contribution in [2.45, 2.75) is 0 Å². The average Bonchev–Trinajstić information content (AvgIpc) is 3.01. The van der Waals surface area contributed by atoms with Gasteiger partial charge in [-0.25, -0.2) is 14.4 Å². The van der Waals surface area contributed by atoms with Crippen molar-refractivity contribution in [2.75, 3.05) is 19.1 Å². The minimum Gasteiger partial charge on any atom is -0.494 e. The van der Waals surface area contributed by atoms with Crippen molar-refractivity contribution >= 4 is 33.2 Å². The number of benzene rings is 1. The molecule has 126 valence electrons. The molecule has 0 unspecified atom stereocenters. The second kappa shape index (κ2) is 6.49. The first-order valence-corrected chi connectivity index (χ1v) is 7.81. The molecule has 2 aromatic heterocycles. The van der Waals surface area contributed by atoms with E-state index >= 15 is 0 Å². The molecule has 0 aliphatic rings. The summed E-state index contributed by atoms with van der Waals surface area (Å²) in [6, 6.07) is 6.00. The van der Waals surface area contributed by atoms with Crippen molar-refractivity contribution < 1.29 is 13.9 Å². The molecule has 0 bridgehead atoms. The van der Waals surface area contributed by atoms with Gasteiger partial charge in [-0.1, -0.05) is 0 Å². The van der Waals surface area contributed by atoms with E-state index in [1.165, 1.54) is 49.7 Å². The predicted octanol–water partition coefficient (Wildman–Crippen LogP) is 2.79. The van der Waals surface area contributed by atoms with Crippen LogP contribution in [0.4, 0.5) is 10.1 Å². The summed E-state index contributed by atoms with van der Waals surface area (Å²) in [6.45, 7) is 0. The Kier molecular flexibility index (Phi) is 4.37. The van der Waals surface area contributed by atoms with E-state index < -0.39 is 11.7 Å². The van der Waals surface area contributed by atoms with Crippen molar-refractivity contribution in [3.05, 3.63) is 52.4 Å². The Labute approximate surface area is 150 Å². The van der Waals surface area contributed by atoms with Crippen LogP contribution in [0.5, 0.6) is 5.75 Å². The van der Waals surface area contributed by atoms with Crippen molar-refractivity contribution in [2.24, 2.45) is 0 Å². The summed E-state index contributed by atoms with van der Waals surface area (Å²) in [6.07, 6.45) is 2.99. The van der Waals surface area contributed by atoms with E-state index in [1.54, 1.807) is 4.40 Å². The number of amides is 1. The number of imidazole rings is 1. The Hall–Kier alpha value is -2.99. The molecule has 3 rings (SSSR count). The van der Waals surface area contributed by atoms with E-state index in [0.29, 0.717) is 15.9 Å². The maximum Gasteiger partial charge on any atom is 0.278 e. The molecule has 0 fully saturated rings. The molecule has 3 aromatic rings. The second-order valence-electron chi connectivity index (χ2n) is 5.04. The zero-order chi connectivity index (χ0) is 18.1. The fraction of sp³-hybridized carbons (Fsp3) is 0.125. The maximum atomic E-state index is 13.5. The summed E-state index contributed by atoms with van der Waals surface area (Å²) < 4.78 is 20.6. The molecule has 0 radical (unpaired) electrons. The molecular weight excluding hydrogens is 393 g/mol. The molecule has 0 saturated heterocycles. The highest BCUT2D eigenvalue weighted by Gasteiger charge is 2.20. The van der Waals surface area contributed by atoms with Crippen molar-refractivity contribution in [3.8, 4) is 11.8 Å². The molecule has 25 heavy (non-hydrogen) atoms. The lowest BCUT2D eigenvalue weighted by Crippen LogP contribution is -2.27. The molecular formula is C16H11BrFN5O2. The Morgan fingerprint density at radius 3 is 2.92 bits per heavy atom. The third-order valence-corrected chi connectivity index (χ3v) is 4.19. The third-order valence-electron chi connectivity index (χ3n) is 3.60. The number of hydrogen-bond acceptors (Lipinski definition) is 5. The minimum absolute atomic E-state index is 0.0237. The van der Waals surface area contributed by atoms with Crippen LogP contribution in [0.3, 0.4) is 0 Å². The smallest absolute Gasteiger partial charge is 0.278 e. The normalized spacial score (nSPS) is 10.5. The molecule has 1 amide bonds. The van der Waals surface area contributed by atoms with Gasteiger partial charge in [0.15, 0.2) is 22.9 Å². The average molecular weight is 404 g/mol. The number of rotatable bonds is 3. The quantitative estimate of drug-likeness (QED) is 0.671. The lowest BCUT2D eigenvalue weighted by Gasteiger charge is -2.18. The van der Waals surface area contributed by atoms with Crippen LogP contribution in [-0.4, -0.2) is 34.4 Å². The fourth-order valence-corrected chi connectivity index (χ4v) is 2.66. The largest absolute Gasteiger partial charge is 0.494 e. The Bertz CT molecular complexity index is 1030. The summed E-state index contributed by atoms with van der Waals surface area (Å²) in [7, 11) is 2.87. The van der Waals surface area contributed by atoms with Crippen LogP contribution >= 0.6 is 15.9 Å². The molecule has 0 atom stereocenters. The van der Waals surface area contributed by atoms with E-state index in [-0.39, 0.29) is 17.1 Å². The van der Waals surface area contributed by atoms with Gasteiger partial charge in [0, 0.05) is 25.0 Å². The Morgan fingerprint density at radius 2 is 2.24 bits per heavy atom. The molecule has 0 N–H and O–H groups in total. The van der Waals surface area contributed by atoms with Gasteiger partial charge < -0.3 is 9.64 Å². The van der Waals surface area contributed by atoms with Crippen molar-refractivity contribution in [1.29, 1.82) is 5.26 Å². The number of fused-ring (bicyclic) bond motifs is 1. The zero-order valence-corrected chi connectivity index (χ0v) is 14.8. The van der Waals surface area contributed by atoms with Crippen molar-refractivity contribution in [3.63, 3.8) is 0 Å². The molecule has 0 aliphatic heterocycles. The maximum absolute atomic E-state index is 13.5. The second-order valence-corrected chi connectivity index (χ2v) is 5.86. The summed E-state index contributed by atoms with van der Waals surface area (Å²) >= 11 is 3.30. The number of methoxy groups -OCH3 is 1. The summed E-state index contributed by atoms with van der Waals surface area (Å²) in [4.78, 5) is 22.2. The molecule has 1 aromatic carbocycles. The Morgan fingerprint density at radius 1 is 1.48 bits per heavy atom. The topological polar surface area (TPSA) is 83.5 Å². The van der Waals surface area contributed by atoms with Gasteiger partial charge >= 0.3 is 0 Å². The minimum atomic E-state index is -0.527. The molecule has 0 saturated carbocycles. The van der Waals surface area contributed by atoms with Gasteiger partial charge in [0.2, 0.25) is 0 Å². The van der Waals surface area contributed by atoms with Crippen LogP contribution in [0, 0.1) is 17.1 Å². The van der Waals surface area contributed by atoms with E-state index in [4.69, 9.17) is 4.74 Å². The standard InChI is InChI=1S/C16H11BrFN5O2/c1-22(9-3-4-10(18)13(5-9)25-2)16(24)12-8-23-14(17)7-20-15(23)11(6-19)21-12/h3-5,7-8H,1-2H3. The van der Waals surface area contributed by atoms with E-state index in [0.717, 1.165) is 0 Å². The lowest BCUT2D eigenvalue weighted by atomic mass is 10.2. The number of nitrogens with zero attached hydrogens (tertiary/aromatic N) is 5. The number of carbonyl (C=O) groups is 1. The van der Waals surface area contributed by atoms with Crippen LogP contribution in [0.2, 0.25) is 0 Å². The highest BCUT2D eigenvalue weighted by Crippen LogP contribution is 2.25. The number of nitriles is 1. The van der Waals surface area contributed by atoms with Crippen LogP contribution < -0.4 is 9.64 Å². The number of hydrogen-bond donors (Lipinski definition) is 0. The van der Waals surface area contributed by atoms with Gasteiger partial charge in [-0.2, -0.15) is 5.26 Å². The first-order chi connectivity index (χ1) is 12.0. The van der Waals surface area contributed by atoms with E-state index in [1.807, 2.05) is 6.07 Å². The van der Waals surface area contributed by atoms with Gasteiger partial charge in [-0.3, -0.25) is 9.20 Å². The van der Waals surface area contributed by atoms with E-state index in [2.05, 4.69) is 25.9 Å². The monoisotopic (exact) mass is 403 g/mol. The Balaban J connectivity index is 2.04. The van der Waals surface area contributed by atoms with E-state index in [9.17, 15) is 14.4 Å². The van der Waals surface area contributed by atoms with Crippen LogP contribution in [0.25, 0.3) is 5.65 Å². The summed E-state index contributed by atoms with van der Waals surface area (Å²) in [5.74, 6) is -0.968. The van der Waals surface area contributed by atoms with Gasteiger partial charge in [0.05, 0.1) is 13.3 Å². The van der Waals surface area contributed by atoms with Gasteiger partial charge in [-0.05, 0) is 28.1 Å². The molecule has 9 heteroatoms. The first kappa shape index (κ1) is 16.9. The van der Waals surface area contributed by atoms with Gasteiger partial charge in [-0.15, -0.1) is 0 Å². The molecule has 7 nitrogen and oxygen atoms in total. The van der Waals surface area contributed by atoms with Gasteiger partial charge in [0.1, 0.15) is 16.4 Å². The molecule has 2 heterocycles. The van der Waals surface area contributed by atoms with Crippen LogP contribution in [-0.2, 0) is 0 Å². The highest BCUT2D eigenvalue weighted by atomic mass is 79.9. The third kappa shape index (κ3) is 2.92. The summed E-state index contributed by atoms with van der Waals surface area (Å²) in [5, 5.41) is 9.24. The number of anilines is 1. The number of carbonyl (C=O) groups excluding carboxylic acids is 1. The SMILES string of the molecule is COc1cc(N(C)C(=O)c2cn3c(Br)cnc3c(C#N)n2)ccc1F. The summed E-state index contributed by atoms with van der Waals surface area (Å²) in [5.41, 5.74) is 0.848. The zero-order valence-electron chi connectivity index (χ0n) is 13.2. The molecule has 0 aliphatic carbocycles. The van der Waals surface area contributed by atoms with Crippen molar-refractivity contribution in [1.82, 2.24) is 14.4 Å². The van der Waals surface area contributed by atoms with Crippen LogP contribution in [0.1, 0.15) is 16.2 Å². The number of halogens is 2. The fourth-order valence-electron chi connectivity index (χ4n) is 2.28. The molecule has 0 spiro atoms. The van der Waals surface area contributed by atoms with Gasteiger partial charge in [0.25, 0.3) is 5.91 Å².